The summed E-state index contributed by atoms with van der Waals surface area (Å²) in [6, 6.07) is 10.2. The zero-order chi connectivity index (χ0) is 23.4. The first-order chi connectivity index (χ1) is 15.9. The second kappa shape index (κ2) is 9.78. The number of hydrogen-bond acceptors (Lipinski definition) is 7. The summed E-state index contributed by atoms with van der Waals surface area (Å²) in [6.07, 6.45) is 1.51. The van der Waals surface area contributed by atoms with Crippen LogP contribution >= 0.6 is 11.3 Å². The quantitative estimate of drug-likeness (QED) is 0.539. The topological polar surface area (TPSA) is 115 Å². The highest BCUT2D eigenvalue weighted by Gasteiger charge is 2.22. The largest absolute Gasteiger partial charge is 0.368 e. The molecule has 2 aromatic heterocycles. The molecule has 33 heavy (non-hydrogen) atoms. The third-order valence-electron chi connectivity index (χ3n) is 5.42. The van der Waals surface area contributed by atoms with Crippen molar-refractivity contribution < 1.29 is 14.4 Å². The molecule has 10 heteroatoms. The second-order valence-corrected chi connectivity index (χ2v) is 8.55. The third-order valence-corrected chi connectivity index (χ3v) is 6.23. The smallest absolute Gasteiger partial charge is 0.258 e. The van der Waals surface area contributed by atoms with Crippen LogP contribution < -0.4 is 15.8 Å². The maximum absolute atomic E-state index is 12.7. The fourth-order valence-corrected chi connectivity index (χ4v) is 4.26. The zero-order valence-corrected chi connectivity index (χ0v) is 18.9. The van der Waals surface area contributed by atoms with Gasteiger partial charge >= 0.3 is 0 Å². The van der Waals surface area contributed by atoms with Crippen molar-refractivity contribution >= 4 is 39.8 Å². The average Bonchev–Trinajstić information content (AvgIpc) is 3.26. The van der Waals surface area contributed by atoms with Crippen molar-refractivity contribution in [3.05, 3.63) is 75.1 Å². The van der Waals surface area contributed by atoms with Gasteiger partial charge in [0.1, 0.15) is 0 Å². The predicted octanol–water partition coefficient (Wildman–Crippen LogP) is 2.18. The summed E-state index contributed by atoms with van der Waals surface area (Å²) in [6.45, 7) is 4.18. The minimum Gasteiger partial charge on any atom is -0.368 e. The number of anilines is 2. The van der Waals surface area contributed by atoms with Gasteiger partial charge in [0.25, 0.3) is 5.91 Å². The second-order valence-electron chi connectivity index (χ2n) is 7.69. The number of aromatic nitrogens is 2. The highest BCUT2D eigenvalue weighted by Crippen LogP contribution is 2.20. The molecule has 3 aromatic rings. The maximum atomic E-state index is 12.7. The number of nitrogens with zero attached hydrogens (tertiary/aromatic N) is 3. The summed E-state index contributed by atoms with van der Waals surface area (Å²) in [5.74, 6) is -0.352. The van der Waals surface area contributed by atoms with Crippen molar-refractivity contribution in [3.8, 4) is 0 Å². The molecule has 1 fully saturated rings. The van der Waals surface area contributed by atoms with Crippen molar-refractivity contribution in [2.75, 3.05) is 36.4 Å². The first kappa shape index (κ1) is 22.4. The van der Waals surface area contributed by atoms with Crippen molar-refractivity contribution in [3.63, 3.8) is 0 Å². The van der Waals surface area contributed by atoms with Gasteiger partial charge in [0.05, 0.1) is 17.7 Å². The van der Waals surface area contributed by atoms with E-state index >= 15 is 0 Å². The Hall–Kier alpha value is -3.79. The van der Waals surface area contributed by atoms with E-state index in [4.69, 9.17) is 0 Å². The molecule has 9 nitrogen and oxygen atoms in total. The van der Waals surface area contributed by atoms with E-state index < -0.39 is 0 Å². The van der Waals surface area contributed by atoms with Crippen LogP contribution in [0, 0.1) is 0 Å². The number of piperazine rings is 1. The standard InChI is InChI=1S/C23H23N5O4S/c1-15(29)16-2-5-19(6-3-16)27-8-10-28(11-9-27)21(31)12-18-14-33-23(25-18)26-22(32)17-4-7-20(30)24-13-17/h2-7,13-14H,8-12H2,1H3,(H,24,30)(H,25,26,32). The van der Waals surface area contributed by atoms with Crippen molar-refractivity contribution in [2.45, 2.75) is 13.3 Å². The number of ketones is 1. The Morgan fingerprint density at radius 2 is 1.73 bits per heavy atom. The number of thiazole rings is 1. The van der Waals surface area contributed by atoms with Crippen LogP contribution in [0.3, 0.4) is 0 Å². The van der Waals surface area contributed by atoms with E-state index in [1.54, 1.807) is 12.3 Å². The van der Waals surface area contributed by atoms with Crippen molar-refractivity contribution in [1.29, 1.82) is 0 Å². The Kier molecular flexibility index (Phi) is 6.64. The van der Waals surface area contributed by atoms with E-state index in [2.05, 4.69) is 20.2 Å². The Balaban J connectivity index is 1.28. The average molecular weight is 466 g/mol. The Labute approximate surface area is 194 Å². The Morgan fingerprint density at radius 3 is 2.36 bits per heavy atom. The first-order valence-electron chi connectivity index (χ1n) is 10.5. The summed E-state index contributed by atoms with van der Waals surface area (Å²) < 4.78 is 0. The van der Waals surface area contributed by atoms with Gasteiger partial charge in [-0.05, 0) is 37.3 Å². The van der Waals surface area contributed by atoms with Gasteiger partial charge in [0.15, 0.2) is 10.9 Å². The summed E-state index contributed by atoms with van der Waals surface area (Å²) in [7, 11) is 0. The number of carbonyl (C=O) groups is 3. The molecule has 0 saturated carbocycles. The van der Waals surface area contributed by atoms with Gasteiger partial charge in [-0.3, -0.25) is 24.5 Å². The molecule has 4 rings (SSSR count). The van der Waals surface area contributed by atoms with E-state index in [9.17, 15) is 19.2 Å². The van der Waals surface area contributed by atoms with Crippen LogP contribution in [0.5, 0.6) is 0 Å². The van der Waals surface area contributed by atoms with Gasteiger partial charge < -0.3 is 14.8 Å². The number of benzene rings is 1. The van der Waals surface area contributed by atoms with Crippen LogP contribution in [-0.2, 0) is 11.2 Å². The number of carbonyl (C=O) groups excluding carboxylic acids is 3. The fraction of sp³-hybridized carbons (Fsp3) is 0.261. The zero-order valence-electron chi connectivity index (χ0n) is 18.0. The monoisotopic (exact) mass is 465 g/mol. The summed E-state index contributed by atoms with van der Waals surface area (Å²) in [5.41, 5.74) is 2.35. The molecule has 2 N–H and O–H groups in total. The number of aromatic amines is 1. The molecule has 1 saturated heterocycles. The SMILES string of the molecule is CC(=O)c1ccc(N2CCN(C(=O)Cc3csc(NC(=O)c4ccc(=O)[nH]c4)n3)CC2)cc1. The highest BCUT2D eigenvalue weighted by atomic mass is 32.1. The van der Waals surface area contributed by atoms with E-state index in [-0.39, 0.29) is 29.6 Å². The van der Waals surface area contributed by atoms with Gasteiger partial charge in [-0.2, -0.15) is 0 Å². The molecule has 1 aliphatic heterocycles. The fourth-order valence-electron chi connectivity index (χ4n) is 3.55. The van der Waals surface area contributed by atoms with Crippen LogP contribution in [0.25, 0.3) is 0 Å². The lowest BCUT2D eigenvalue weighted by Gasteiger charge is -2.36. The third kappa shape index (κ3) is 5.53. The first-order valence-corrected chi connectivity index (χ1v) is 11.4. The van der Waals surface area contributed by atoms with Crippen molar-refractivity contribution in [1.82, 2.24) is 14.9 Å². The number of nitrogens with one attached hydrogen (secondary N) is 2. The lowest BCUT2D eigenvalue weighted by atomic mass is 10.1. The van der Waals surface area contributed by atoms with E-state index in [1.807, 2.05) is 29.2 Å². The molecule has 0 radical (unpaired) electrons. The highest BCUT2D eigenvalue weighted by molar-refractivity contribution is 7.14. The number of Topliss-reactive ketones (excluding diaryl/α,β-unsaturated/α-hetero) is 1. The molecule has 0 atom stereocenters. The van der Waals surface area contributed by atoms with Crippen LogP contribution in [0.2, 0.25) is 0 Å². The summed E-state index contributed by atoms with van der Waals surface area (Å²) >= 11 is 1.25. The molecule has 2 amide bonds. The van der Waals surface area contributed by atoms with Crippen LogP contribution in [0.15, 0.2) is 52.8 Å². The molecular weight excluding hydrogens is 442 g/mol. The van der Waals surface area contributed by atoms with Crippen LogP contribution in [0.1, 0.15) is 33.3 Å². The minimum atomic E-state index is -0.383. The molecule has 170 valence electrons. The van der Waals surface area contributed by atoms with Crippen molar-refractivity contribution in [2.24, 2.45) is 0 Å². The van der Waals surface area contributed by atoms with E-state index in [1.165, 1.54) is 29.7 Å². The van der Waals surface area contributed by atoms with Gasteiger partial charge in [0, 0.05) is 55.1 Å². The number of H-pyrrole nitrogens is 1. The Bertz CT molecular complexity index is 1210. The van der Waals surface area contributed by atoms with Gasteiger partial charge in [-0.15, -0.1) is 11.3 Å². The number of hydrogen-bond donors (Lipinski definition) is 2. The van der Waals surface area contributed by atoms with Gasteiger partial charge in [0.2, 0.25) is 11.5 Å². The normalized spacial score (nSPS) is 13.6. The number of rotatable bonds is 6. The minimum absolute atomic E-state index is 0.00890. The number of amides is 2. The molecule has 1 aliphatic rings. The molecular formula is C23H23N5O4S. The van der Waals surface area contributed by atoms with Gasteiger partial charge in [-0.25, -0.2) is 4.98 Å². The molecule has 1 aromatic carbocycles. The van der Waals surface area contributed by atoms with Crippen LogP contribution in [0.4, 0.5) is 10.8 Å². The predicted molar refractivity (Wildman–Crippen MR) is 126 cm³/mol. The van der Waals surface area contributed by atoms with E-state index in [0.29, 0.717) is 48.1 Å². The molecule has 0 spiro atoms. The molecule has 3 heterocycles. The van der Waals surface area contributed by atoms with Gasteiger partial charge in [-0.1, -0.05) is 0 Å². The number of pyridine rings is 1. The summed E-state index contributed by atoms with van der Waals surface area (Å²) in [5, 5.41) is 4.83. The summed E-state index contributed by atoms with van der Waals surface area (Å²) in [4.78, 5) is 58.3. The molecule has 0 unspecified atom stereocenters. The Morgan fingerprint density at radius 1 is 1.03 bits per heavy atom. The lowest BCUT2D eigenvalue weighted by molar-refractivity contribution is -0.130. The van der Waals surface area contributed by atoms with Crippen LogP contribution in [-0.4, -0.2) is 58.6 Å². The molecule has 0 bridgehead atoms. The van der Waals surface area contributed by atoms with E-state index in [0.717, 1.165) is 5.69 Å². The maximum Gasteiger partial charge on any atom is 0.258 e. The molecule has 0 aliphatic carbocycles. The lowest BCUT2D eigenvalue weighted by Crippen LogP contribution is -2.49.